The molecule has 0 heterocycles. The molecule has 1 fully saturated rings. The van der Waals surface area contributed by atoms with Crippen LogP contribution in [0.4, 0.5) is 13.2 Å². The molecule has 0 radical (unpaired) electrons. The molecule has 2 nitrogen and oxygen atoms in total. The van der Waals surface area contributed by atoms with Crippen LogP contribution >= 0.6 is 0 Å². The SMILES string of the molecule is CC1CC(C(N)=O)CC(C(F)(F)F)C1. The van der Waals surface area contributed by atoms with E-state index >= 15 is 0 Å². The van der Waals surface area contributed by atoms with Gasteiger partial charge < -0.3 is 5.73 Å². The van der Waals surface area contributed by atoms with Crippen LogP contribution in [0.1, 0.15) is 26.2 Å². The molecule has 1 aliphatic carbocycles. The Balaban J connectivity index is 2.68. The summed E-state index contributed by atoms with van der Waals surface area (Å²) in [5, 5.41) is 0. The lowest BCUT2D eigenvalue weighted by Crippen LogP contribution is -2.37. The van der Waals surface area contributed by atoms with Gasteiger partial charge in [0.1, 0.15) is 0 Å². The third-order valence-corrected chi connectivity index (χ3v) is 2.81. The molecule has 5 heteroatoms. The fraction of sp³-hybridized carbons (Fsp3) is 0.889. The third-order valence-electron chi connectivity index (χ3n) is 2.81. The van der Waals surface area contributed by atoms with E-state index in [0.29, 0.717) is 6.42 Å². The summed E-state index contributed by atoms with van der Waals surface area (Å²) in [4.78, 5) is 10.8. The molecule has 0 aromatic heterocycles. The number of carbonyl (C=O) groups excluding carboxylic acids is 1. The van der Waals surface area contributed by atoms with Crippen LogP contribution in [-0.4, -0.2) is 12.1 Å². The predicted octanol–water partition coefficient (Wildman–Crippen LogP) is 2.09. The van der Waals surface area contributed by atoms with E-state index in [9.17, 15) is 18.0 Å². The molecule has 14 heavy (non-hydrogen) atoms. The average molecular weight is 209 g/mol. The molecule has 1 amide bonds. The Labute approximate surface area is 80.7 Å². The van der Waals surface area contributed by atoms with Gasteiger partial charge in [0.05, 0.1) is 5.92 Å². The van der Waals surface area contributed by atoms with Crippen molar-refractivity contribution in [1.82, 2.24) is 0 Å². The van der Waals surface area contributed by atoms with Crippen LogP contribution in [0.25, 0.3) is 0 Å². The van der Waals surface area contributed by atoms with Gasteiger partial charge in [-0.25, -0.2) is 0 Å². The number of hydrogen-bond acceptors (Lipinski definition) is 1. The Hall–Kier alpha value is -0.740. The smallest absolute Gasteiger partial charge is 0.369 e. The second kappa shape index (κ2) is 3.79. The van der Waals surface area contributed by atoms with Crippen molar-refractivity contribution in [3.8, 4) is 0 Å². The Morgan fingerprint density at radius 3 is 2.29 bits per heavy atom. The van der Waals surface area contributed by atoms with Gasteiger partial charge in [-0.1, -0.05) is 6.92 Å². The molecule has 3 unspecified atom stereocenters. The van der Waals surface area contributed by atoms with E-state index < -0.39 is 23.9 Å². The van der Waals surface area contributed by atoms with E-state index in [1.165, 1.54) is 0 Å². The number of nitrogens with two attached hydrogens (primary N) is 1. The van der Waals surface area contributed by atoms with Crippen molar-refractivity contribution >= 4 is 5.91 Å². The molecule has 0 aliphatic heterocycles. The van der Waals surface area contributed by atoms with Crippen LogP contribution in [0.3, 0.4) is 0 Å². The number of carbonyl (C=O) groups is 1. The average Bonchev–Trinajstić information content (AvgIpc) is 2.01. The lowest BCUT2D eigenvalue weighted by atomic mass is 9.75. The Kier molecular flexibility index (Phi) is 3.07. The molecule has 1 rings (SSSR count). The number of alkyl halides is 3. The minimum absolute atomic E-state index is 0.0760. The van der Waals surface area contributed by atoms with Crippen molar-refractivity contribution in [3.05, 3.63) is 0 Å². The van der Waals surface area contributed by atoms with Gasteiger partial charge in [-0.3, -0.25) is 4.79 Å². The van der Waals surface area contributed by atoms with Crippen molar-refractivity contribution in [3.63, 3.8) is 0 Å². The standard InChI is InChI=1S/C9H14F3NO/c1-5-2-6(8(13)14)4-7(3-5)9(10,11)12/h5-7H,2-4H2,1H3,(H2,13,14). The quantitative estimate of drug-likeness (QED) is 0.706. The molecule has 1 saturated carbocycles. The normalized spacial score (nSPS) is 34.1. The van der Waals surface area contributed by atoms with Crippen LogP contribution in [-0.2, 0) is 4.79 Å². The largest absolute Gasteiger partial charge is 0.391 e. The summed E-state index contributed by atoms with van der Waals surface area (Å²) in [6, 6.07) is 0. The summed E-state index contributed by atoms with van der Waals surface area (Å²) in [5.74, 6) is -2.65. The highest BCUT2D eigenvalue weighted by atomic mass is 19.4. The van der Waals surface area contributed by atoms with Gasteiger partial charge in [0.25, 0.3) is 0 Å². The second-order valence-electron chi connectivity index (χ2n) is 4.15. The maximum atomic E-state index is 12.4. The number of halogens is 3. The highest BCUT2D eigenvalue weighted by Gasteiger charge is 2.44. The van der Waals surface area contributed by atoms with E-state index in [4.69, 9.17) is 5.73 Å². The molecule has 2 N–H and O–H groups in total. The van der Waals surface area contributed by atoms with Crippen molar-refractivity contribution < 1.29 is 18.0 Å². The van der Waals surface area contributed by atoms with Crippen LogP contribution in [0.5, 0.6) is 0 Å². The molecule has 3 atom stereocenters. The molecular formula is C9H14F3NO. The second-order valence-corrected chi connectivity index (χ2v) is 4.15. The summed E-state index contributed by atoms with van der Waals surface area (Å²) in [6.45, 7) is 1.73. The lowest BCUT2D eigenvalue weighted by Gasteiger charge is -2.32. The highest BCUT2D eigenvalue weighted by Crippen LogP contribution is 2.42. The molecule has 0 spiro atoms. The van der Waals surface area contributed by atoms with Crippen LogP contribution in [0.2, 0.25) is 0 Å². The Bertz CT molecular complexity index is 227. The highest BCUT2D eigenvalue weighted by molar-refractivity contribution is 5.76. The molecule has 0 saturated heterocycles. The van der Waals surface area contributed by atoms with Crippen molar-refractivity contribution in [2.75, 3.05) is 0 Å². The first-order chi connectivity index (χ1) is 6.30. The summed E-state index contributed by atoms with van der Waals surface area (Å²) in [6.07, 6.45) is -3.72. The molecule has 0 bridgehead atoms. The van der Waals surface area contributed by atoms with Crippen LogP contribution < -0.4 is 5.73 Å². The summed E-state index contributed by atoms with van der Waals surface area (Å²) < 4.78 is 37.2. The van der Waals surface area contributed by atoms with Crippen LogP contribution in [0.15, 0.2) is 0 Å². The van der Waals surface area contributed by atoms with Gasteiger partial charge in [0.2, 0.25) is 5.91 Å². The maximum absolute atomic E-state index is 12.4. The number of amides is 1. The van der Waals surface area contributed by atoms with E-state index in [-0.39, 0.29) is 18.8 Å². The molecule has 82 valence electrons. The van der Waals surface area contributed by atoms with Crippen molar-refractivity contribution in [2.24, 2.45) is 23.5 Å². The zero-order valence-corrected chi connectivity index (χ0v) is 7.97. The minimum atomic E-state index is -4.19. The van der Waals surface area contributed by atoms with Gasteiger partial charge in [0, 0.05) is 5.92 Å². The van der Waals surface area contributed by atoms with Gasteiger partial charge >= 0.3 is 6.18 Å². The lowest BCUT2D eigenvalue weighted by molar-refractivity contribution is -0.189. The van der Waals surface area contributed by atoms with Gasteiger partial charge in [-0.15, -0.1) is 0 Å². The van der Waals surface area contributed by atoms with Crippen molar-refractivity contribution in [1.29, 1.82) is 0 Å². The topological polar surface area (TPSA) is 43.1 Å². The first-order valence-electron chi connectivity index (χ1n) is 4.66. The predicted molar refractivity (Wildman–Crippen MR) is 45.2 cm³/mol. The number of primary amides is 1. The monoisotopic (exact) mass is 209 g/mol. The molecule has 0 aromatic rings. The van der Waals surface area contributed by atoms with Gasteiger partial charge in [-0.05, 0) is 25.2 Å². The minimum Gasteiger partial charge on any atom is -0.369 e. The van der Waals surface area contributed by atoms with Crippen LogP contribution in [0, 0.1) is 17.8 Å². The Morgan fingerprint density at radius 1 is 1.29 bits per heavy atom. The number of hydrogen-bond donors (Lipinski definition) is 1. The first-order valence-corrected chi connectivity index (χ1v) is 4.66. The zero-order valence-electron chi connectivity index (χ0n) is 7.97. The van der Waals surface area contributed by atoms with E-state index in [0.717, 1.165) is 0 Å². The summed E-state index contributed by atoms with van der Waals surface area (Å²) >= 11 is 0. The zero-order chi connectivity index (χ0) is 10.9. The van der Waals surface area contributed by atoms with E-state index in [1.54, 1.807) is 6.92 Å². The third kappa shape index (κ3) is 2.62. The van der Waals surface area contributed by atoms with Gasteiger partial charge in [-0.2, -0.15) is 13.2 Å². The molecular weight excluding hydrogens is 195 g/mol. The van der Waals surface area contributed by atoms with E-state index in [1.807, 2.05) is 0 Å². The number of rotatable bonds is 1. The Morgan fingerprint density at radius 2 is 1.86 bits per heavy atom. The van der Waals surface area contributed by atoms with E-state index in [2.05, 4.69) is 0 Å². The fourth-order valence-corrected chi connectivity index (χ4v) is 2.10. The van der Waals surface area contributed by atoms with Crippen molar-refractivity contribution in [2.45, 2.75) is 32.4 Å². The first kappa shape index (κ1) is 11.3. The summed E-state index contributed by atoms with van der Waals surface area (Å²) in [7, 11) is 0. The fourth-order valence-electron chi connectivity index (χ4n) is 2.10. The molecule has 0 aromatic carbocycles. The molecule has 1 aliphatic rings. The van der Waals surface area contributed by atoms with Gasteiger partial charge in [0.15, 0.2) is 0 Å². The maximum Gasteiger partial charge on any atom is 0.391 e. The summed E-state index contributed by atoms with van der Waals surface area (Å²) in [5.41, 5.74) is 5.03.